The SMILES string of the molecule is Cc1ccc(-c2ccc(Cl)cc2)cc1C1(Cl)C(=O)CC2(CCCCC2)C1=O. The van der Waals surface area contributed by atoms with Crippen molar-refractivity contribution < 1.29 is 9.59 Å². The molecule has 1 unspecified atom stereocenters. The molecule has 2 nitrogen and oxygen atoms in total. The molecule has 2 fully saturated rings. The van der Waals surface area contributed by atoms with E-state index in [4.69, 9.17) is 23.2 Å². The predicted molar refractivity (Wildman–Crippen MR) is 109 cm³/mol. The minimum atomic E-state index is -1.55. The van der Waals surface area contributed by atoms with E-state index in [0.717, 1.165) is 48.8 Å². The fourth-order valence-corrected chi connectivity index (χ4v) is 5.32. The maximum Gasteiger partial charge on any atom is 0.186 e. The van der Waals surface area contributed by atoms with Gasteiger partial charge in [-0.15, -0.1) is 0 Å². The third kappa shape index (κ3) is 2.94. The second-order valence-corrected chi connectivity index (χ2v) is 8.97. The maximum atomic E-state index is 13.5. The van der Waals surface area contributed by atoms with Crippen LogP contribution in [0, 0.1) is 12.3 Å². The lowest BCUT2D eigenvalue weighted by Crippen LogP contribution is -2.38. The van der Waals surface area contributed by atoms with Crippen molar-refractivity contribution in [2.45, 2.75) is 50.3 Å². The van der Waals surface area contributed by atoms with E-state index < -0.39 is 10.3 Å². The van der Waals surface area contributed by atoms with Gasteiger partial charge in [0.25, 0.3) is 0 Å². The summed E-state index contributed by atoms with van der Waals surface area (Å²) in [5, 5.41) is 0.667. The number of aryl methyl sites for hydroxylation is 1. The molecule has 0 aliphatic heterocycles. The molecule has 4 rings (SSSR count). The van der Waals surface area contributed by atoms with E-state index in [2.05, 4.69) is 0 Å². The van der Waals surface area contributed by atoms with Crippen molar-refractivity contribution in [3.8, 4) is 11.1 Å². The molecule has 0 saturated heterocycles. The number of hydrogen-bond acceptors (Lipinski definition) is 2. The van der Waals surface area contributed by atoms with Crippen LogP contribution in [0.4, 0.5) is 0 Å². The number of carbonyl (C=O) groups is 2. The molecule has 1 spiro atoms. The van der Waals surface area contributed by atoms with E-state index in [1.54, 1.807) is 0 Å². The molecule has 140 valence electrons. The number of rotatable bonds is 2. The summed E-state index contributed by atoms with van der Waals surface area (Å²) in [6.07, 6.45) is 4.96. The van der Waals surface area contributed by atoms with Crippen molar-refractivity contribution in [1.82, 2.24) is 0 Å². The van der Waals surface area contributed by atoms with Crippen molar-refractivity contribution in [1.29, 1.82) is 0 Å². The molecular formula is C23H22Cl2O2. The normalized spacial score (nSPS) is 24.6. The van der Waals surface area contributed by atoms with Crippen LogP contribution in [0.1, 0.15) is 49.7 Å². The third-order valence-corrected chi connectivity index (χ3v) is 7.11. The summed E-state index contributed by atoms with van der Waals surface area (Å²) >= 11 is 12.9. The molecule has 2 aliphatic carbocycles. The Hall–Kier alpha value is -1.64. The fourth-order valence-electron chi connectivity index (χ4n) is 4.72. The molecule has 27 heavy (non-hydrogen) atoms. The van der Waals surface area contributed by atoms with Crippen LogP contribution in [0.25, 0.3) is 11.1 Å². The standard InChI is InChI=1S/C23H22Cl2O2/c1-15-5-6-17(16-7-9-18(24)10-8-16)13-19(15)23(25)20(26)14-22(21(23)27)11-3-2-4-12-22/h5-10,13H,2-4,11-12,14H2,1H3. The highest BCUT2D eigenvalue weighted by atomic mass is 35.5. The minimum absolute atomic E-state index is 0.0854. The van der Waals surface area contributed by atoms with E-state index in [1.165, 1.54) is 0 Å². The lowest BCUT2D eigenvalue weighted by molar-refractivity contribution is -0.130. The van der Waals surface area contributed by atoms with E-state index >= 15 is 0 Å². The predicted octanol–water partition coefficient (Wildman–Crippen LogP) is 6.24. The summed E-state index contributed by atoms with van der Waals surface area (Å²) in [6, 6.07) is 13.4. The molecule has 1 atom stereocenters. The Morgan fingerprint density at radius 3 is 2.19 bits per heavy atom. The second kappa shape index (κ2) is 6.76. The van der Waals surface area contributed by atoms with Crippen LogP contribution >= 0.6 is 23.2 Å². The zero-order valence-corrected chi connectivity index (χ0v) is 16.9. The molecule has 2 aliphatic rings. The van der Waals surface area contributed by atoms with E-state index in [-0.39, 0.29) is 18.0 Å². The third-order valence-electron chi connectivity index (χ3n) is 6.27. The van der Waals surface area contributed by atoms with Crippen molar-refractivity contribution in [2.75, 3.05) is 0 Å². The first-order chi connectivity index (χ1) is 12.9. The highest BCUT2D eigenvalue weighted by Crippen LogP contribution is 2.55. The molecular weight excluding hydrogens is 379 g/mol. The van der Waals surface area contributed by atoms with Gasteiger partial charge in [0.1, 0.15) is 0 Å². The van der Waals surface area contributed by atoms with Crippen LogP contribution in [0.3, 0.4) is 0 Å². The molecule has 4 heteroatoms. The number of Topliss-reactive ketones (excluding diaryl/α,β-unsaturated/α-hetero) is 2. The van der Waals surface area contributed by atoms with Crippen LogP contribution in [0.15, 0.2) is 42.5 Å². The van der Waals surface area contributed by atoms with Gasteiger partial charge in [-0.3, -0.25) is 9.59 Å². The largest absolute Gasteiger partial charge is 0.297 e. The lowest BCUT2D eigenvalue weighted by Gasteiger charge is -2.32. The Bertz CT molecular complexity index is 910. The van der Waals surface area contributed by atoms with Gasteiger partial charge >= 0.3 is 0 Å². The Balaban J connectivity index is 1.80. The summed E-state index contributed by atoms with van der Waals surface area (Å²) in [7, 11) is 0. The van der Waals surface area contributed by atoms with Gasteiger partial charge in [-0.25, -0.2) is 0 Å². The van der Waals surface area contributed by atoms with Gasteiger partial charge in [-0.05, 0) is 60.2 Å². The van der Waals surface area contributed by atoms with Crippen molar-refractivity contribution in [2.24, 2.45) is 5.41 Å². The summed E-state index contributed by atoms with van der Waals surface area (Å²) in [4.78, 5) is 25.0. The zero-order valence-electron chi connectivity index (χ0n) is 15.4. The molecule has 0 aromatic heterocycles. The van der Waals surface area contributed by atoms with Crippen molar-refractivity contribution in [3.63, 3.8) is 0 Å². The van der Waals surface area contributed by atoms with Gasteiger partial charge in [0, 0.05) is 16.9 Å². The smallest absolute Gasteiger partial charge is 0.186 e. The van der Waals surface area contributed by atoms with Crippen molar-refractivity contribution >= 4 is 34.8 Å². The zero-order chi connectivity index (χ0) is 19.2. The molecule has 2 saturated carbocycles. The van der Waals surface area contributed by atoms with Crippen LogP contribution < -0.4 is 0 Å². The Morgan fingerprint density at radius 2 is 1.52 bits per heavy atom. The molecule has 0 radical (unpaired) electrons. The first-order valence-electron chi connectivity index (χ1n) is 9.51. The van der Waals surface area contributed by atoms with Crippen LogP contribution in [0.5, 0.6) is 0 Å². The second-order valence-electron chi connectivity index (χ2n) is 7.97. The van der Waals surface area contributed by atoms with E-state index in [1.807, 2.05) is 49.4 Å². The Morgan fingerprint density at radius 1 is 0.889 bits per heavy atom. The summed E-state index contributed by atoms with van der Waals surface area (Å²) in [5.74, 6) is -0.231. The lowest BCUT2D eigenvalue weighted by atomic mass is 9.71. The molecule has 0 bridgehead atoms. The molecule has 0 heterocycles. The Kier molecular flexibility index (Phi) is 4.68. The average molecular weight is 401 g/mol. The van der Waals surface area contributed by atoms with Gasteiger partial charge < -0.3 is 0 Å². The summed E-state index contributed by atoms with van der Waals surface area (Å²) in [5.41, 5.74) is 2.86. The van der Waals surface area contributed by atoms with Gasteiger partial charge in [-0.1, -0.05) is 66.7 Å². The number of halogens is 2. The fraction of sp³-hybridized carbons (Fsp3) is 0.391. The van der Waals surface area contributed by atoms with E-state index in [0.29, 0.717) is 10.6 Å². The van der Waals surface area contributed by atoms with Gasteiger partial charge in [0.2, 0.25) is 0 Å². The molecule has 2 aromatic carbocycles. The molecule has 0 N–H and O–H groups in total. The van der Waals surface area contributed by atoms with Gasteiger partial charge in [0.05, 0.1) is 0 Å². The minimum Gasteiger partial charge on any atom is -0.297 e. The number of carbonyl (C=O) groups excluding carboxylic acids is 2. The van der Waals surface area contributed by atoms with E-state index in [9.17, 15) is 9.59 Å². The first-order valence-corrected chi connectivity index (χ1v) is 10.3. The first kappa shape index (κ1) is 18.7. The highest BCUT2D eigenvalue weighted by Gasteiger charge is 2.62. The topological polar surface area (TPSA) is 34.1 Å². The molecule has 2 aromatic rings. The van der Waals surface area contributed by atoms with Crippen LogP contribution in [-0.4, -0.2) is 11.6 Å². The van der Waals surface area contributed by atoms with Crippen molar-refractivity contribution in [3.05, 3.63) is 58.6 Å². The van der Waals surface area contributed by atoms with Crippen LogP contribution in [0.2, 0.25) is 5.02 Å². The highest BCUT2D eigenvalue weighted by molar-refractivity contribution is 6.49. The number of alkyl halides is 1. The average Bonchev–Trinajstić information content (AvgIpc) is 2.85. The number of hydrogen-bond donors (Lipinski definition) is 0. The monoisotopic (exact) mass is 400 g/mol. The molecule has 0 amide bonds. The quantitative estimate of drug-likeness (QED) is 0.441. The number of ketones is 2. The van der Waals surface area contributed by atoms with Gasteiger partial charge in [0.15, 0.2) is 16.4 Å². The van der Waals surface area contributed by atoms with Crippen LogP contribution in [-0.2, 0) is 14.5 Å². The Labute approximate surface area is 169 Å². The maximum absolute atomic E-state index is 13.5. The summed E-state index contributed by atoms with van der Waals surface area (Å²) in [6.45, 7) is 1.91. The van der Waals surface area contributed by atoms with Gasteiger partial charge in [-0.2, -0.15) is 0 Å². The summed E-state index contributed by atoms with van der Waals surface area (Å²) < 4.78 is 0. The number of benzene rings is 2.